The van der Waals surface area contributed by atoms with Gasteiger partial charge in [-0.1, -0.05) is 96.5 Å². The fourth-order valence-electron chi connectivity index (χ4n) is 12.7. The van der Waals surface area contributed by atoms with E-state index in [0.717, 1.165) is 69.8 Å². The molecule has 1 aromatic rings. The molecule has 6 heteroatoms. The Morgan fingerprint density at radius 1 is 0.920 bits per heavy atom. The number of benzene rings is 1. The van der Waals surface area contributed by atoms with E-state index in [4.69, 9.17) is 4.74 Å². The molecule has 0 saturated heterocycles. The van der Waals surface area contributed by atoms with Gasteiger partial charge < -0.3 is 15.0 Å². The minimum absolute atomic E-state index is 0.00103. The molecule has 5 aliphatic rings. The molecule has 0 spiro atoms. The van der Waals surface area contributed by atoms with Crippen LogP contribution >= 0.6 is 0 Å². The second kappa shape index (κ2) is 13.0. The maximum atomic E-state index is 15.1. The molecule has 0 heterocycles. The van der Waals surface area contributed by atoms with Crippen molar-refractivity contribution in [2.45, 2.75) is 132 Å². The molecule has 0 aromatic heterocycles. The zero-order valence-corrected chi connectivity index (χ0v) is 32.3. The van der Waals surface area contributed by atoms with Crippen LogP contribution in [0, 0.1) is 50.2 Å². The first-order chi connectivity index (χ1) is 23.4. The molecule has 8 atom stereocenters. The zero-order chi connectivity index (χ0) is 36.3. The second-order valence-electron chi connectivity index (χ2n) is 19.1. The number of hydrogen-bond donors (Lipinski definition) is 1. The number of nitrogens with zero attached hydrogens (tertiary/aromatic N) is 1. The number of allylic oxidation sites excluding steroid dienone is 2. The molecular formula is C44H64N2O4. The van der Waals surface area contributed by atoms with Gasteiger partial charge in [-0.3, -0.25) is 14.4 Å². The first-order valence-electron chi connectivity index (χ1n) is 19.5. The summed E-state index contributed by atoms with van der Waals surface area (Å²) >= 11 is 0. The van der Waals surface area contributed by atoms with Crippen LogP contribution in [0.3, 0.4) is 0 Å². The summed E-state index contributed by atoms with van der Waals surface area (Å²) in [5.41, 5.74) is 2.41. The van der Waals surface area contributed by atoms with Crippen molar-refractivity contribution in [2.24, 2.45) is 50.2 Å². The third kappa shape index (κ3) is 5.89. The zero-order valence-electron chi connectivity index (χ0n) is 32.3. The molecule has 1 aromatic carbocycles. The first-order valence-corrected chi connectivity index (χ1v) is 19.5. The van der Waals surface area contributed by atoms with E-state index in [-0.39, 0.29) is 63.4 Å². The molecule has 0 unspecified atom stereocenters. The lowest BCUT2D eigenvalue weighted by atomic mass is 9.33. The molecule has 0 aliphatic heterocycles. The van der Waals surface area contributed by atoms with Crippen molar-refractivity contribution in [2.75, 3.05) is 13.1 Å². The maximum Gasteiger partial charge on any atom is 0.302 e. The van der Waals surface area contributed by atoms with Crippen LogP contribution in [-0.4, -0.2) is 41.9 Å². The summed E-state index contributed by atoms with van der Waals surface area (Å²) in [6.07, 6.45) is 14.4. The van der Waals surface area contributed by atoms with Crippen molar-refractivity contribution in [3.63, 3.8) is 0 Å². The van der Waals surface area contributed by atoms with Gasteiger partial charge in [-0.05, 0) is 109 Å². The average Bonchev–Trinajstić information content (AvgIpc) is 3.05. The Kier molecular flexibility index (Phi) is 9.56. The van der Waals surface area contributed by atoms with E-state index >= 15 is 4.79 Å². The van der Waals surface area contributed by atoms with Gasteiger partial charge in [0.1, 0.15) is 6.10 Å². The van der Waals surface area contributed by atoms with Gasteiger partial charge in [-0.2, -0.15) is 0 Å². The number of fused-ring (bicyclic) bond motifs is 7. The average molecular weight is 685 g/mol. The molecule has 1 N–H and O–H groups in total. The van der Waals surface area contributed by atoms with Crippen LogP contribution in [-0.2, 0) is 25.7 Å². The third-order valence-electron chi connectivity index (χ3n) is 15.6. The van der Waals surface area contributed by atoms with E-state index in [1.807, 2.05) is 30.3 Å². The van der Waals surface area contributed by atoms with Gasteiger partial charge in [-0.25, -0.2) is 0 Å². The third-order valence-corrected chi connectivity index (χ3v) is 15.6. The van der Waals surface area contributed by atoms with Crippen molar-refractivity contribution in [3.8, 4) is 0 Å². The highest BCUT2D eigenvalue weighted by Crippen LogP contribution is 2.76. The number of ether oxygens (including phenoxy) is 1. The van der Waals surface area contributed by atoms with E-state index in [0.29, 0.717) is 24.9 Å². The highest BCUT2D eigenvalue weighted by atomic mass is 16.5. The molecule has 0 radical (unpaired) electrons. The molecule has 6 rings (SSSR count). The molecule has 4 fully saturated rings. The van der Waals surface area contributed by atoms with E-state index in [1.165, 1.54) is 5.57 Å². The van der Waals surface area contributed by atoms with Gasteiger partial charge in [0.15, 0.2) is 0 Å². The predicted molar refractivity (Wildman–Crippen MR) is 200 cm³/mol. The lowest BCUT2D eigenvalue weighted by Crippen LogP contribution is -2.66. The van der Waals surface area contributed by atoms with Gasteiger partial charge in [0.05, 0.1) is 12.0 Å². The molecule has 4 saturated carbocycles. The molecular weight excluding hydrogens is 620 g/mol. The normalized spacial score (nSPS) is 38.1. The van der Waals surface area contributed by atoms with Crippen LogP contribution < -0.4 is 5.32 Å². The molecule has 5 aliphatic carbocycles. The Balaban J connectivity index is 1.31. The first kappa shape index (κ1) is 36.9. The predicted octanol–water partition coefficient (Wildman–Crippen LogP) is 9.05. The van der Waals surface area contributed by atoms with Crippen LogP contribution in [0.4, 0.5) is 0 Å². The Hall–Kier alpha value is -2.89. The number of carbonyl (C=O) groups excluding carboxylic acids is 3. The molecule has 50 heavy (non-hydrogen) atoms. The largest absolute Gasteiger partial charge is 0.462 e. The summed E-state index contributed by atoms with van der Waals surface area (Å²) in [6.45, 7) is 23.6. The van der Waals surface area contributed by atoms with Crippen molar-refractivity contribution in [3.05, 3.63) is 60.2 Å². The van der Waals surface area contributed by atoms with Gasteiger partial charge in [0.2, 0.25) is 11.8 Å². The lowest BCUT2D eigenvalue weighted by molar-refractivity contribution is -0.212. The number of carbonyl (C=O) groups is 3. The second-order valence-corrected chi connectivity index (χ2v) is 19.1. The fourth-order valence-corrected chi connectivity index (χ4v) is 12.7. The van der Waals surface area contributed by atoms with E-state index in [9.17, 15) is 9.59 Å². The highest BCUT2D eigenvalue weighted by molar-refractivity contribution is 5.89. The van der Waals surface area contributed by atoms with Crippen molar-refractivity contribution in [1.82, 2.24) is 10.2 Å². The summed E-state index contributed by atoms with van der Waals surface area (Å²) < 4.78 is 5.96. The SMILES string of the molecule is C=CCN(CC(=O)NCc1ccccc1)C(=O)[C@]12CCC(C)(C)C[C@H]1C1=CC[C@@H]3[C@@]4(C)CC[C@H](OC(C)=O)C(C)(C)[C@@H]4CC[C@@]3(C)[C@]1(C)CC2. The molecule has 2 amide bonds. The quantitative estimate of drug-likeness (QED) is 0.219. The fraction of sp³-hybridized carbons (Fsp3) is 0.705. The van der Waals surface area contributed by atoms with Gasteiger partial charge in [0, 0.05) is 25.4 Å². The van der Waals surface area contributed by atoms with Crippen molar-refractivity contribution in [1.29, 1.82) is 0 Å². The molecule has 6 nitrogen and oxygen atoms in total. The summed E-state index contributed by atoms with van der Waals surface area (Å²) in [6, 6.07) is 9.93. The number of nitrogens with one attached hydrogen (secondary N) is 1. The Labute approximate surface area is 302 Å². The van der Waals surface area contributed by atoms with Crippen LogP contribution in [0.2, 0.25) is 0 Å². The van der Waals surface area contributed by atoms with E-state index in [1.54, 1.807) is 17.9 Å². The smallest absolute Gasteiger partial charge is 0.302 e. The van der Waals surface area contributed by atoms with Crippen LogP contribution in [0.15, 0.2) is 54.6 Å². The lowest BCUT2D eigenvalue weighted by Gasteiger charge is -2.71. The standard InChI is InChI=1S/C44H64N2O4/c1-10-26-46(29-37(48)45-28-31-14-12-11-13-15-31)38(49)44-24-22-39(3,4)27-33(44)32-16-17-35-41(7)20-19-36(50-30(2)47)40(5,6)34(41)18-21-43(35,9)42(32,8)23-25-44/h10-16,33-36H,1,17-29H2,2-9H3,(H,45,48)/t33-,34-,35+,36-,41-,42+,43+,44-/m0/s1. The summed E-state index contributed by atoms with van der Waals surface area (Å²) in [5, 5.41) is 3.06. The topological polar surface area (TPSA) is 75.7 Å². The van der Waals surface area contributed by atoms with Crippen molar-refractivity contribution < 1.29 is 19.1 Å². The van der Waals surface area contributed by atoms with Gasteiger partial charge in [0.25, 0.3) is 0 Å². The van der Waals surface area contributed by atoms with Gasteiger partial charge >= 0.3 is 5.97 Å². The number of amides is 2. The van der Waals surface area contributed by atoms with Crippen LogP contribution in [0.1, 0.15) is 125 Å². The summed E-state index contributed by atoms with van der Waals surface area (Å²) in [4.78, 5) is 42.3. The molecule has 0 bridgehead atoms. The monoisotopic (exact) mass is 684 g/mol. The van der Waals surface area contributed by atoms with Crippen molar-refractivity contribution >= 4 is 17.8 Å². The summed E-state index contributed by atoms with van der Waals surface area (Å²) in [5.74, 6) is 1.03. The highest BCUT2D eigenvalue weighted by Gasteiger charge is 2.69. The number of esters is 1. The Morgan fingerprint density at radius 2 is 1.62 bits per heavy atom. The maximum absolute atomic E-state index is 15.1. The number of hydrogen-bond acceptors (Lipinski definition) is 4. The van der Waals surface area contributed by atoms with E-state index in [2.05, 4.69) is 66.4 Å². The van der Waals surface area contributed by atoms with Gasteiger partial charge in [-0.15, -0.1) is 6.58 Å². The minimum Gasteiger partial charge on any atom is -0.462 e. The Morgan fingerprint density at radius 3 is 2.30 bits per heavy atom. The van der Waals surface area contributed by atoms with Crippen LogP contribution in [0.25, 0.3) is 0 Å². The Bertz CT molecular complexity index is 1530. The number of rotatable bonds is 8. The van der Waals surface area contributed by atoms with Crippen LogP contribution in [0.5, 0.6) is 0 Å². The summed E-state index contributed by atoms with van der Waals surface area (Å²) in [7, 11) is 0. The molecule has 274 valence electrons. The minimum atomic E-state index is -0.502. The van der Waals surface area contributed by atoms with E-state index < -0.39 is 5.41 Å².